The maximum absolute atomic E-state index is 10.9. The van der Waals surface area contributed by atoms with Gasteiger partial charge in [-0.2, -0.15) is 0 Å². The van der Waals surface area contributed by atoms with Gasteiger partial charge in [0, 0.05) is 23.8 Å². The van der Waals surface area contributed by atoms with E-state index in [1.54, 1.807) is 12.1 Å². The van der Waals surface area contributed by atoms with E-state index >= 15 is 0 Å². The molecule has 1 aromatic rings. The van der Waals surface area contributed by atoms with Crippen molar-refractivity contribution in [3.63, 3.8) is 0 Å². The van der Waals surface area contributed by atoms with Gasteiger partial charge in [-0.1, -0.05) is 17.7 Å². The van der Waals surface area contributed by atoms with Crippen molar-refractivity contribution in [1.82, 2.24) is 0 Å². The van der Waals surface area contributed by atoms with Crippen LogP contribution in [0.2, 0.25) is 5.02 Å². The van der Waals surface area contributed by atoms with Crippen molar-refractivity contribution in [1.29, 1.82) is 0 Å². The lowest BCUT2D eigenvalue weighted by atomic mass is 9.86. The first-order chi connectivity index (χ1) is 12.4. The van der Waals surface area contributed by atoms with Crippen LogP contribution in [0.5, 0.6) is 0 Å². The first-order valence-corrected chi connectivity index (χ1v) is 9.16. The van der Waals surface area contributed by atoms with E-state index in [0.29, 0.717) is 30.6 Å². The second kappa shape index (κ2) is 8.08. The summed E-state index contributed by atoms with van der Waals surface area (Å²) in [5.41, 5.74) is 1.00. The Labute approximate surface area is 156 Å². The van der Waals surface area contributed by atoms with E-state index in [1.807, 2.05) is 0 Å². The standard InChI is InChI=1S/C18H25ClO7/c19-13-2-1-12(8-11(13)7-10-3-5-25-6-4-10)18(24)17(23)16(22)15(21)14(9-20)26-18/h1-2,8,10,14-17,20-24H,3-7,9H2/t14-,15-,16+,17-,18-/m1/s1. The van der Waals surface area contributed by atoms with Crippen molar-refractivity contribution in [2.75, 3.05) is 19.8 Å². The SMILES string of the molecule is OC[C@H]1O[C@](O)(c2ccc(Cl)c(CC3CCOCC3)c2)[C@H](O)[C@@H](O)[C@@H]1O. The van der Waals surface area contributed by atoms with E-state index in [0.717, 1.165) is 18.4 Å². The molecule has 5 N–H and O–H groups in total. The molecule has 2 aliphatic heterocycles. The molecular weight excluding hydrogens is 364 g/mol. The Balaban J connectivity index is 1.88. The van der Waals surface area contributed by atoms with Gasteiger partial charge in [0.15, 0.2) is 0 Å². The summed E-state index contributed by atoms with van der Waals surface area (Å²) in [4.78, 5) is 0. The van der Waals surface area contributed by atoms with Crippen LogP contribution < -0.4 is 0 Å². The Morgan fingerprint density at radius 2 is 1.81 bits per heavy atom. The van der Waals surface area contributed by atoms with Crippen LogP contribution in [-0.2, 0) is 21.7 Å². The van der Waals surface area contributed by atoms with Crippen LogP contribution in [0.3, 0.4) is 0 Å². The zero-order valence-electron chi connectivity index (χ0n) is 14.3. The minimum absolute atomic E-state index is 0.209. The summed E-state index contributed by atoms with van der Waals surface area (Å²) >= 11 is 6.30. The molecule has 2 aliphatic rings. The maximum atomic E-state index is 10.9. The Morgan fingerprint density at radius 1 is 1.12 bits per heavy atom. The van der Waals surface area contributed by atoms with Crippen LogP contribution in [0.1, 0.15) is 24.0 Å². The lowest BCUT2D eigenvalue weighted by molar-refractivity contribution is -0.357. The predicted octanol–water partition coefficient (Wildman–Crippen LogP) is -0.0720. The van der Waals surface area contributed by atoms with Gasteiger partial charge >= 0.3 is 0 Å². The van der Waals surface area contributed by atoms with Gasteiger partial charge in [-0.05, 0) is 42.9 Å². The third kappa shape index (κ3) is 3.76. The minimum atomic E-state index is -2.26. The highest BCUT2D eigenvalue weighted by Gasteiger charge is 2.53. The number of aliphatic hydroxyl groups excluding tert-OH is 4. The fourth-order valence-electron chi connectivity index (χ4n) is 3.61. The van der Waals surface area contributed by atoms with Gasteiger partial charge in [-0.25, -0.2) is 0 Å². The second-order valence-electron chi connectivity index (χ2n) is 7.03. The average Bonchev–Trinajstić information content (AvgIpc) is 2.65. The number of ether oxygens (including phenoxy) is 2. The monoisotopic (exact) mass is 388 g/mol. The van der Waals surface area contributed by atoms with Crippen LogP contribution in [0.25, 0.3) is 0 Å². The fraction of sp³-hybridized carbons (Fsp3) is 0.667. The Kier molecular flexibility index (Phi) is 6.21. The van der Waals surface area contributed by atoms with Crippen molar-refractivity contribution < 1.29 is 35.0 Å². The molecule has 7 nitrogen and oxygen atoms in total. The number of rotatable bonds is 4. The van der Waals surface area contributed by atoms with E-state index in [-0.39, 0.29) is 5.56 Å². The van der Waals surface area contributed by atoms with Gasteiger partial charge in [0.05, 0.1) is 6.61 Å². The van der Waals surface area contributed by atoms with Crippen LogP contribution >= 0.6 is 11.6 Å². The van der Waals surface area contributed by atoms with Crippen LogP contribution in [0, 0.1) is 5.92 Å². The summed E-state index contributed by atoms with van der Waals surface area (Å²) in [5.74, 6) is -1.86. The summed E-state index contributed by atoms with van der Waals surface area (Å²) < 4.78 is 10.7. The molecule has 0 aromatic heterocycles. The molecule has 8 heteroatoms. The molecule has 1 aromatic carbocycles. The molecule has 0 unspecified atom stereocenters. The third-order valence-corrected chi connectivity index (χ3v) is 5.64. The average molecular weight is 389 g/mol. The molecule has 0 aliphatic carbocycles. The molecule has 0 saturated carbocycles. The van der Waals surface area contributed by atoms with Gasteiger partial charge in [0.25, 0.3) is 0 Å². The van der Waals surface area contributed by atoms with Crippen LogP contribution in [-0.4, -0.2) is 69.8 Å². The summed E-state index contributed by atoms with van der Waals surface area (Å²) in [6.07, 6.45) is -3.66. The van der Waals surface area contributed by atoms with Gasteiger partial charge in [-0.15, -0.1) is 0 Å². The highest BCUT2D eigenvalue weighted by molar-refractivity contribution is 6.31. The van der Waals surface area contributed by atoms with Gasteiger partial charge in [-0.3, -0.25) is 0 Å². The maximum Gasteiger partial charge on any atom is 0.222 e. The molecule has 0 spiro atoms. The summed E-state index contributed by atoms with van der Waals surface area (Å²) in [7, 11) is 0. The number of halogens is 1. The molecule has 2 saturated heterocycles. The molecule has 26 heavy (non-hydrogen) atoms. The summed E-state index contributed by atoms with van der Waals surface area (Å²) in [6.45, 7) is 0.793. The van der Waals surface area contributed by atoms with Crippen molar-refractivity contribution >= 4 is 11.6 Å². The Bertz CT molecular complexity index is 620. The number of hydrogen-bond acceptors (Lipinski definition) is 7. The minimum Gasteiger partial charge on any atom is -0.394 e. The molecular formula is C18H25ClO7. The van der Waals surface area contributed by atoms with Crippen molar-refractivity contribution in [2.45, 2.75) is 49.5 Å². The van der Waals surface area contributed by atoms with E-state index in [9.17, 15) is 25.5 Å². The molecule has 0 radical (unpaired) electrons. The zero-order valence-corrected chi connectivity index (χ0v) is 15.0. The summed E-state index contributed by atoms with van der Waals surface area (Å²) in [5, 5.41) is 51.0. The quantitative estimate of drug-likeness (QED) is 0.489. The van der Waals surface area contributed by atoms with E-state index in [2.05, 4.69) is 0 Å². The third-order valence-electron chi connectivity index (χ3n) is 5.28. The van der Waals surface area contributed by atoms with Crippen molar-refractivity contribution in [2.24, 2.45) is 5.92 Å². The zero-order chi connectivity index (χ0) is 18.9. The molecule has 2 heterocycles. The van der Waals surface area contributed by atoms with Crippen molar-refractivity contribution in [3.8, 4) is 0 Å². The molecule has 0 amide bonds. The smallest absolute Gasteiger partial charge is 0.222 e. The largest absolute Gasteiger partial charge is 0.394 e. The van der Waals surface area contributed by atoms with E-state index in [4.69, 9.17) is 21.1 Å². The van der Waals surface area contributed by atoms with Gasteiger partial charge < -0.3 is 35.0 Å². The molecule has 2 fully saturated rings. The van der Waals surface area contributed by atoms with Crippen LogP contribution in [0.4, 0.5) is 0 Å². The fourth-order valence-corrected chi connectivity index (χ4v) is 3.80. The number of aliphatic hydroxyl groups is 5. The second-order valence-corrected chi connectivity index (χ2v) is 7.43. The van der Waals surface area contributed by atoms with Crippen molar-refractivity contribution in [3.05, 3.63) is 34.3 Å². The van der Waals surface area contributed by atoms with Gasteiger partial charge in [0.1, 0.15) is 24.4 Å². The summed E-state index contributed by atoms with van der Waals surface area (Å²) in [6, 6.07) is 4.74. The Morgan fingerprint density at radius 3 is 2.46 bits per heavy atom. The highest BCUT2D eigenvalue weighted by Crippen LogP contribution is 2.38. The molecule has 5 atom stereocenters. The van der Waals surface area contributed by atoms with E-state index in [1.165, 1.54) is 6.07 Å². The molecule has 3 rings (SSSR count). The number of benzene rings is 1. The topological polar surface area (TPSA) is 120 Å². The Hall–Kier alpha value is -0.770. The molecule has 0 bridgehead atoms. The lowest BCUT2D eigenvalue weighted by Gasteiger charge is -2.45. The first kappa shape index (κ1) is 20.0. The van der Waals surface area contributed by atoms with Gasteiger partial charge in [0.2, 0.25) is 5.79 Å². The predicted molar refractivity (Wildman–Crippen MR) is 92.6 cm³/mol. The van der Waals surface area contributed by atoms with Crippen LogP contribution in [0.15, 0.2) is 18.2 Å². The normalized spacial score (nSPS) is 36.2. The van der Waals surface area contributed by atoms with E-state index < -0.39 is 36.8 Å². The molecule has 146 valence electrons. The first-order valence-electron chi connectivity index (χ1n) is 8.78. The number of hydrogen-bond donors (Lipinski definition) is 5. The lowest BCUT2D eigenvalue weighted by Crippen LogP contribution is -2.63. The highest BCUT2D eigenvalue weighted by atomic mass is 35.5.